The Hall–Kier alpha value is -0.930. The maximum Gasteiger partial charge on any atom is 0.190 e. The van der Waals surface area contributed by atoms with Crippen molar-refractivity contribution in [2.45, 2.75) is 19.3 Å². The van der Waals surface area contributed by atoms with E-state index in [1.54, 1.807) is 26.3 Å². The van der Waals surface area contributed by atoms with Gasteiger partial charge in [0.15, 0.2) is 5.96 Å². The molecule has 0 bridgehead atoms. The Morgan fingerprint density at radius 2 is 1.92 bits per heavy atom. The molecule has 5 nitrogen and oxygen atoms in total. The van der Waals surface area contributed by atoms with Gasteiger partial charge in [0.05, 0.1) is 13.2 Å². The molecule has 2 N–H and O–H groups in total. The molecule has 0 amide bonds. The van der Waals surface area contributed by atoms with Crippen molar-refractivity contribution in [2.75, 3.05) is 47.1 Å². The Morgan fingerprint density at radius 3 is 2.62 bits per heavy atom. The molecule has 0 saturated heterocycles. The minimum Gasteiger partial charge on any atom is -0.382 e. The van der Waals surface area contributed by atoms with Crippen molar-refractivity contribution >= 4 is 29.9 Å². The Morgan fingerprint density at radius 1 is 1.12 bits per heavy atom. The molecule has 0 radical (unpaired) electrons. The third-order valence-electron chi connectivity index (χ3n) is 3.26. The number of ether oxygens (including phenoxy) is 2. The minimum absolute atomic E-state index is 0. The summed E-state index contributed by atoms with van der Waals surface area (Å²) in [7, 11) is 3.41. The monoisotopic (exact) mass is 453 g/mol. The summed E-state index contributed by atoms with van der Waals surface area (Å²) in [4.78, 5) is 4.17. The summed E-state index contributed by atoms with van der Waals surface area (Å²) in [6.45, 7) is 3.58. The zero-order chi connectivity index (χ0) is 16.8. The maximum atomic E-state index is 13.1. The molecule has 0 fully saturated rings. The maximum absolute atomic E-state index is 13.1. The van der Waals surface area contributed by atoms with E-state index in [4.69, 9.17) is 9.47 Å². The largest absolute Gasteiger partial charge is 0.382 e. The lowest BCUT2D eigenvalue weighted by Crippen LogP contribution is -2.38. The van der Waals surface area contributed by atoms with Gasteiger partial charge in [-0.1, -0.05) is 12.1 Å². The first-order chi connectivity index (χ1) is 11.3. The predicted octanol–water partition coefficient (Wildman–Crippen LogP) is 2.59. The van der Waals surface area contributed by atoms with Gasteiger partial charge in [0.1, 0.15) is 5.82 Å². The van der Waals surface area contributed by atoms with Crippen LogP contribution in [-0.4, -0.2) is 53.0 Å². The molecular formula is C17H29FIN3O2. The fraction of sp³-hybridized carbons (Fsp3) is 0.588. The van der Waals surface area contributed by atoms with Crippen molar-refractivity contribution in [1.29, 1.82) is 0 Å². The fourth-order valence-corrected chi connectivity index (χ4v) is 2.02. The molecule has 0 aliphatic carbocycles. The molecule has 0 unspecified atom stereocenters. The summed E-state index contributed by atoms with van der Waals surface area (Å²) in [6, 6.07) is 6.66. The van der Waals surface area contributed by atoms with Crippen molar-refractivity contribution in [1.82, 2.24) is 10.6 Å². The number of aliphatic imine (C=N–C) groups is 1. The second-order valence-electron chi connectivity index (χ2n) is 5.12. The number of hydrogen-bond acceptors (Lipinski definition) is 3. The molecule has 138 valence electrons. The Bertz CT molecular complexity index is 461. The van der Waals surface area contributed by atoms with Crippen LogP contribution in [0.4, 0.5) is 4.39 Å². The van der Waals surface area contributed by atoms with Gasteiger partial charge in [-0.2, -0.15) is 0 Å². The molecule has 0 aromatic heterocycles. The summed E-state index contributed by atoms with van der Waals surface area (Å²) in [6.07, 6.45) is 2.76. The predicted molar refractivity (Wildman–Crippen MR) is 107 cm³/mol. The highest BCUT2D eigenvalue weighted by molar-refractivity contribution is 14.0. The number of nitrogens with one attached hydrogen (secondary N) is 2. The van der Waals surface area contributed by atoms with E-state index < -0.39 is 0 Å². The zero-order valence-electron chi connectivity index (χ0n) is 14.5. The van der Waals surface area contributed by atoms with E-state index in [1.165, 1.54) is 6.07 Å². The highest BCUT2D eigenvalue weighted by atomic mass is 127. The van der Waals surface area contributed by atoms with Crippen molar-refractivity contribution in [3.05, 3.63) is 35.6 Å². The lowest BCUT2D eigenvalue weighted by atomic mass is 10.1. The van der Waals surface area contributed by atoms with Gasteiger partial charge >= 0.3 is 0 Å². The van der Waals surface area contributed by atoms with Crippen LogP contribution in [0, 0.1) is 5.82 Å². The van der Waals surface area contributed by atoms with Crippen molar-refractivity contribution in [3.63, 3.8) is 0 Å². The summed E-state index contributed by atoms with van der Waals surface area (Å²) in [5.41, 5.74) is 0.973. The number of hydrogen-bond donors (Lipinski definition) is 2. The van der Waals surface area contributed by atoms with Gasteiger partial charge in [-0.05, 0) is 37.0 Å². The Labute approximate surface area is 161 Å². The summed E-state index contributed by atoms with van der Waals surface area (Å²) < 4.78 is 23.4. The normalized spacial score (nSPS) is 11.0. The van der Waals surface area contributed by atoms with E-state index in [-0.39, 0.29) is 29.8 Å². The Balaban J connectivity index is 0.00000529. The number of rotatable bonds is 11. The second-order valence-corrected chi connectivity index (χ2v) is 5.12. The number of nitrogens with zero attached hydrogens (tertiary/aromatic N) is 1. The standard InChI is InChI=1S/C17H28FN3O2.HI/c1-19-17(20-9-3-4-11-23-13-12-22-2)21-10-8-15-6-5-7-16(18)14-15;/h5-7,14H,3-4,8-13H2,1-2H3,(H2,19,20,21);1H. The number of halogens is 2. The van der Waals surface area contributed by atoms with E-state index in [0.717, 1.165) is 43.9 Å². The molecular weight excluding hydrogens is 424 g/mol. The van der Waals surface area contributed by atoms with Crippen molar-refractivity contribution < 1.29 is 13.9 Å². The molecule has 7 heteroatoms. The molecule has 1 rings (SSSR count). The first-order valence-corrected chi connectivity index (χ1v) is 8.02. The lowest BCUT2D eigenvalue weighted by molar-refractivity contribution is 0.0689. The quantitative estimate of drug-likeness (QED) is 0.234. The van der Waals surface area contributed by atoms with Crippen LogP contribution < -0.4 is 10.6 Å². The van der Waals surface area contributed by atoms with Gasteiger partial charge in [-0.25, -0.2) is 4.39 Å². The van der Waals surface area contributed by atoms with Crippen LogP contribution in [0.5, 0.6) is 0 Å². The topological polar surface area (TPSA) is 54.9 Å². The first kappa shape index (κ1) is 23.1. The first-order valence-electron chi connectivity index (χ1n) is 8.02. The van der Waals surface area contributed by atoms with Gasteiger partial charge in [0, 0.05) is 33.9 Å². The molecule has 0 heterocycles. The summed E-state index contributed by atoms with van der Waals surface area (Å²) >= 11 is 0. The molecule has 0 saturated carbocycles. The van der Waals surface area contributed by atoms with Gasteiger partial charge in [-0.15, -0.1) is 24.0 Å². The van der Waals surface area contributed by atoms with Gasteiger partial charge in [-0.3, -0.25) is 4.99 Å². The third kappa shape index (κ3) is 11.6. The molecule has 0 atom stereocenters. The SMILES string of the molecule is CN=C(NCCCCOCCOC)NCCc1cccc(F)c1.I. The molecule has 24 heavy (non-hydrogen) atoms. The average Bonchev–Trinajstić information content (AvgIpc) is 2.55. The molecule has 0 spiro atoms. The van der Waals surface area contributed by atoms with Crippen molar-refractivity contribution in [3.8, 4) is 0 Å². The highest BCUT2D eigenvalue weighted by Gasteiger charge is 1.99. The third-order valence-corrected chi connectivity index (χ3v) is 3.26. The van der Waals surface area contributed by atoms with Crippen LogP contribution in [0.1, 0.15) is 18.4 Å². The van der Waals surface area contributed by atoms with Crippen LogP contribution in [-0.2, 0) is 15.9 Å². The van der Waals surface area contributed by atoms with Crippen LogP contribution in [0.3, 0.4) is 0 Å². The average molecular weight is 453 g/mol. The number of unbranched alkanes of at least 4 members (excludes halogenated alkanes) is 1. The molecule has 0 aliphatic rings. The van der Waals surface area contributed by atoms with E-state index in [2.05, 4.69) is 15.6 Å². The number of guanidine groups is 1. The molecule has 0 aliphatic heterocycles. The van der Waals surface area contributed by atoms with Gasteiger partial charge < -0.3 is 20.1 Å². The fourth-order valence-electron chi connectivity index (χ4n) is 2.02. The zero-order valence-corrected chi connectivity index (χ0v) is 16.8. The molecule has 1 aromatic carbocycles. The van der Waals surface area contributed by atoms with E-state index >= 15 is 0 Å². The van der Waals surface area contributed by atoms with Crippen LogP contribution in [0.15, 0.2) is 29.3 Å². The van der Waals surface area contributed by atoms with Crippen LogP contribution in [0.2, 0.25) is 0 Å². The smallest absolute Gasteiger partial charge is 0.190 e. The second kappa shape index (κ2) is 15.6. The highest BCUT2D eigenvalue weighted by Crippen LogP contribution is 2.03. The number of benzene rings is 1. The minimum atomic E-state index is -0.197. The molecule has 1 aromatic rings. The number of methoxy groups -OCH3 is 1. The van der Waals surface area contributed by atoms with E-state index in [1.807, 2.05) is 6.07 Å². The Kier molecular flexibility index (Phi) is 15.0. The van der Waals surface area contributed by atoms with Crippen molar-refractivity contribution in [2.24, 2.45) is 4.99 Å². The van der Waals surface area contributed by atoms with Gasteiger partial charge in [0.25, 0.3) is 0 Å². The summed E-state index contributed by atoms with van der Waals surface area (Å²) in [5.74, 6) is 0.569. The van der Waals surface area contributed by atoms with E-state index in [9.17, 15) is 4.39 Å². The summed E-state index contributed by atoms with van der Waals surface area (Å²) in [5, 5.41) is 6.48. The van der Waals surface area contributed by atoms with Gasteiger partial charge in [0.2, 0.25) is 0 Å². The lowest BCUT2D eigenvalue weighted by Gasteiger charge is -2.12. The van der Waals surface area contributed by atoms with Crippen LogP contribution >= 0.6 is 24.0 Å². The van der Waals surface area contributed by atoms with E-state index in [0.29, 0.717) is 19.8 Å². The van der Waals surface area contributed by atoms with Crippen LogP contribution in [0.25, 0.3) is 0 Å².